The Hall–Kier alpha value is -3.80. The van der Waals surface area contributed by atoms with E-state index < -0.39 is 9.84 Å². The Labute approximate surface area is 243 Å². The number of likely N-dealkylation sites (N-methyl/N-ethyl adjacent to an activating group) is 1. The topological polar surface area (TPSA) is 143 Å². The van der Waals surface area contributed by atoms with Gasteiger partial charge < -0.3 is 10.2 Å². The minimum Gasteiger partial charge on any atom is -0.355 e. The first-order chi connectivity index (χ1) is 19.4. The summed E-state index contributed by atoms with van der Waals surface area (Å²) in [5.41, 5.74) is 4.70. The summed E-state index contributed by atoms with van der Waals surface area (Å²) in [7, 11) is -1.45. The molecule has 2 aromatic heterocycles. The molecule has 1 aliphatic carbocycles. The van der Waals surface area contributed by atoms with Crippen LogP contribution in [-0.2, 0) is 21.2 Å². The van der Waals surface area contributed by atoms with E-state index in [2.05, 4.69) is 55.6 Å². The van der Waals surface area contributed by atoms with Crippen LogP contribution in [0.25, 0.3) is 5.70 Å². The predicted molar refractivity (Wildman–Crippen MR) is 161 cm³/mol. The molecule has 0 bridgehead atoms. The van der Waals surface area contributed by atoms with Crippen molar-refractivity contribution in [2.24, 2.45) is 9.98 Å². The number of nitrogens with zero attached hydrogens (tertiary/aromatic N) is 7. The number of allylic oxidation sites excluding steroid dienone is 1. The van der Waals surface area contributed by atoms with Crippen LogP contribution in [0.4, 0.5) is 0 Å². The number of amidine groups is 2. The van der Waals surface area contributed by atoms with Gasteiger partial charge in [-0.05, 0) is 52.5 Å². The zero-order chi connectivity index (χ0) is 30.3. The summed E-state index contributed by atoms with van der Waals surface area (Å²) in [6, 6.07) is 0.136. The normalized spacial score (nSPS) is 14.8. The summed E-state index contributed by atoms with van der Waals surface area (Å²) in [6.07, 6.45) is 7.76. The maximum Gasteiger partial charge on any atom is 0.185 e. The highest BCUT2D eigenvalue weighted by Crippen LogP contribution is 2.42. The van der Waals surface area contributed by atoms with E-state index in [1.54, 1.807) is 13.3 Å². The van der Waals surface area contributed by atoms with Crippen molar-refractivity contribution >= 4 is 33.5 Å². The molecule has 1 fully saturated rings. The minimum atomic E-state index is -3.41. The van der Waals surface area contributed by atoms with Crippen molar-refractivity contribution in [3.8, 4) is 0 Å². The first-order valence-electron chi connectivity index (χ1n) is 13.7. The van der Waals surface area contributed by atoms with E-state index in [4.69, 9.17) is 4.99 Å². The van der Waals surface area contributed by atoms with Gasteiger partial charge in [0.15, 0.2) is 27.8 Å². The fourth-order valence-corrected chi connectivity index (χ4v) is 4.80. The number of nitrogens with one attached hydrogen (secondary N) is 1. The molecule has 220 valence electrons. The highest BCUT2D eigenvalue weighted by atomic mass is 32.2. The van der Waals surface area contributed by atoms with Crippen LogP contribution in [0.3, 0.4) is 0 Å². The lowest BCUT2D eigenvalue weighted by molar-refractivity contribution is -0.102. The van der Waals surface area contributed by atoms with E-state index in [0.717, 1.165) is 41.8 Å². The van der Waals surface area contributed by atoms with E-state index in [1.165, 1.54) is 12.4 Å². The van der Waals surface area contributed by atoms with Crippen LogP contribution in [0.15, 0.2) is 51.5 Å². The van der Waals surface area contributed by atoms with Crippen LogP contribution in [0.5, 0.6) is 0 Å². The molecule has 0 aromatic carbocycles. The quantitative estimate of drug-likeness (QED) is 0.224. The van der Waals surface area contributed by atoms with Gasteiger partial charge in [-0.15, -0.1) is 0 Å². The number of aliphatic imine (C=N–C) groups is 2. The molecule has 1 saturated carbocycles. The number of aryl methyl sites for hydroxylation is 1. The molecular weight excluding hydrogens is 540 g/mol. The second-order valence-electron chi connectivity index (χ2n) is 10.3. The third-order valence-electron chi connectivity index (χ3n) is 7.05. The smallest absolute Gasteiger partial charge is 0.185 e. The highest BCUT2D eigenvalue weighted by Gasteiger charge is 2.30. The number of carbonyl (C=O) groups excluding carboxylic acids is 1. The fraction of sp³-hybridized carbons (Fsp3) is 0.483. The minimum absolute atomic E-state index is 0.0186. The number of rotatable bonds is 12. The van der Waals surface area contributed by atoms with Gasteiger partial charge in [-0.1, -0.05) is 20.4 Å². The number of aldehydes is 1. The number of carbonyl (C=O) groups is 1. The van der Waals surface area contributed by atoms with Crippen molar-refractivity contribution in [2.75, 3.05) is 12.8 Å². The van der Waals surface area contributed by atoms with Gasteiger partial charge in [-0.3, -0.25) is 9.79 Å². The molecule has 0 amide bonds. The van der Waals surface area contributed by atoms with E-state index in [1.807, 2.05) is 27.8 Å². The zero-order valence-corrected chi connectivity index (χ0v) is 25.8. The van der Waals surface area contributed by atoms with Crippen LogP contribution >= 0.6 is 0 Å². The lowest BCUT2D eigenvalue weighted by Gasteiger charge is -2.30. The molecule has 2 heterocycles. The molecule has 12 heteroatoms. The summed E-state index contributed by atoms with van der Waals surface area (Å²) in [5.74, 6) is 1.30. The Morgan fingerprint density at radius 1 is 1.20 bits per heavy atom. The fourth-order valence-electron chi connectivity index (χ4n) is 4.04. The Bertz CT molecular complexity index is 1470. The molecule has 0 unspecified atom stereocenters. The predicted octanol–water partition coefficient (Wildman–Crippen LogP) is 4.03. The first kappa shape index (κ1) is 31.7. The monoisotopic (exact) mass is 580 g/mol. The van der Waals surface area contributed by atoms with Crippen molar-refractivity contribution in [1.82, 2.24) is 30.2 Å². The van der Waals surface area contributed by atoms with Gasteiger partial charge in [0.2, 0.25) is 0 Å². The lowest BCUT2D eigenvalue weighted by atomic mass is 10.1. The number of sulfone groups is 1. The van der Waals surface area contributed by atoms with E-state index in [-0.39, 0.29) is 34.9 Å². The van der Waals surface area contributed by atoms with Gasteiger partial charge >= 0.3 is 0 Å². The van der Waals surface area contributed by atoms with Crippen molar-refractivity contribution < 1.29 is 13.2 Å². The van der Waals surface area contributed by atoms with Gasteiger partial charge in [0, 0.05) is 37.0 Å². The number of hydrogen-bond acceptors (Lipinski definition) is 9. The maximum atomic E-state index is 12.1. The summed E-state index contributed by atoms with van der Waals surface area (Å²) in [4.78, 5) is 40.7. The Kier molecular flexibility index (Phi) is 10.6. The second-order valence-corrected chi connectivity index (χ2v) is 12.6. The maximum absolute atomic E-state index is 12.1. The van der Waals surface area contributed by atoms with Crippen LogP contribution in [0.1, 0.15) is 82.6 Å². The molecule has 0 spiro atoms. The molecule has 41 heavy (non-hydrogen) atoms. The second kappa shape index (κ2) is 13.7. The standard InChI is InChI=1S/C29H40N8O3S/c1-9-19(5)37(8)29(35-21(7)26-20(6)33-17-34-28(26)22-11-12-22)27(18(3)4)36-25(16-38)32-15-24-30-13-23(14-31-24)41(39,40)10-2/h13-14,16-17,19,22H,7,9-12,15H2,1-6,8H3,(H,32,36)/t19-/m0/s1. The van der Waals surface area contributed by atoms with E-state index in [0.29, 0.717) is 29.4 Å². The Morgan fingerprint density at radius 3 is 2.39 bits per heavy atom. The first-order valence-corrected chi connectivity index (χ1v) is 15.4. The van der Waals surface area contributed by atoms with Gasteiger partial charge in [0.05, 0.1) is 28.5 Å². The van der Waals surface area contributed by atoms with Crippen LogP contribution in [-0.4, -0.2) is 70.1 Å². The van der Waals surface area contributed by atoms with Crippen LogP contribution < -0.4 is 5.32 Å². The third-order valence-corrected chi connectivity index (χ3v) is 8.73. The third kappa shape index (κ3) is 7.90. The summed E-state index contributed by atoms with van der Waals surface area (Å²) < 4.78 is 24.1. The molecule has 2 aromatic rings. The summed E-state index contributed by atoms with van der Waals surface area (Å²) >= 11 is 0. The van der Waals surface area contributed by atoms with Gasteiger partial charge in [0.1, 0.15) is 23.6 Å². The van der Waals surface area contributed by atoms with Crippen molar-refractivity contribution in [2.45, 2.75) is 84.2 Å². The molecule has 1 N–H and O–H groups in total. The van der Waals surface area contributed by atoms with Crippen molar-refractivity contribution in [3.05, 3.63) is 59.3 Å². The SMILES string of the molecule is C=C(N=C(C(NC(C=O)=NCc1ncc(S(=O)(=O)CC)cn1)=C(C)C)N(C)[C@@H](C)CC)c1c(C)ncnc1C1CC1. The summed E-state index contributed by atoms with van der Waals surface area (Å²) in [5, 5.41) is 3.16. The molecule has 0 aliphatic heterocycles. The van der Waals surface area contributed by atoms with Gasteiger partial charge in [-0.2, -0.15) is 0 Å². The molecule has 3 rings (SSSR count). The zero-order valence-electron chi connectivity index (χ0n) is 25.0. The summed E-state index contributed by atoms with van der Waals surface area (Å²) in [6.45, 7) is 15.8. The average molecular weight is 581 g/mol. The average Bonchev–Trinajstić information content (AvgIpc) is 3.81. The van der Waals surface area contributed by atoms with Crippen LogP contribution in [0, 0.1) is 6.92 Å². The van der Waals surface area contributed by atoms with Crippen molar-refractivity contribution in [1.29, 1.82) is 0 Å². The molecule has 1 aliphatic rings. The van der Waals surface area contributed by atoms with E-state index in [9.17, 15) is 13.2 Å². The molecule has 0 saturated heterocycles. The van der Waals surface area contributed by atoms with Crippen LogP contribution in [0.2, 0.25) is 0 Å². The molecular formula is C29H40N8O3S. The Balaban J connectivity index is 1.97. The highest BCUT2D eigenvalue weighted by molar-refractivity contribution is 7.91. The molecule has 0 radical (unpaired) electrons. The number of aromatic nitrogens is 4. The molecule has 11 nitrogen and oxygen atoms in total. The largest absolute Gasteiger partial charge is 0.355 e. The Morgan fingerprint density at radius 2 is 1.85 bits per heavy atom. The van der Waals surface area contributed by atoms with Crippen molar-refractivity contribution in [3.63, 3.8) is 0 Å². The molecule has 1 atom stereocenters. The lowest BCUT2D eigenvalue weighted by Crippen LogP contribution is -2.41. The van der Waals surface area contributed by atoms with Gasteiger partial charge in [-0.25, -0.2) is 33.3 Å². The number of hydrogen-bond donors (Lipinski definition) is 1. The van der Waals surface area contributed by atoms with E-state index >= 15 is 0 Å². The van der Waals surface area contributed by atoms with Gasteiger partial charge in [0.25, 0.3) is 0 Å².